The molecule has 0 aliphatic carbocycles. The quantitative estimate of drug-likeness (QED) is 0.698. The van der Waals surface area contributed by atoms with E-state index in [0.29, 0.717) is 11.1 Å². The molecule has 0 saturated carbocycles. The third-order valence-corrected chi connectivity index (χ3v) is 3.60. The SMILES string of the molecule is CC(C(=O)c1ccccc1)n1cnc2ccc(F)cc2c1=O. The number of fused-ring (bicyclic) bond motifs is 1. The van der Waals surface area contributed by atoms with Crippen molar-refractivity contribution >= 4 is 16.7 Å². The van der Waals surface area contributed by atoms with E-state index < -0.39 is 17.4 Å². The van der Waals surface area contributed by atoms with Crippen molar-refractivity contribution < 1.29 is 9.18 Å². The number of hydrogen-bond donors (Lipinski definition) is 0. The van der Waals surface area contributed by atoms with Crippen LogP contribution in [0.2, 0.25) is 0 Å². The smallest absolute Gasteiger partial charge is 0.261 e. The Hall–Kier alpha value is -2.82. The summed E-state index contributed by atoms with van der Waals surface area (Å²) in [6, 6.07) is 11.8. The molecule has 0 spiro atoms. The van der Waals surface area contributed by atoms with Gasteiger partial charge in [0, 0.05) is 5.56 Å². The van der Waals surface area contributed by atoms with E-state index in [4.69, 9.17) is 0 Å². The van der Waals surface area contributed by atoms with Crippen LogP contribution in [0, 0.1) is 5.82 Å². The summed E-state index contributed by atoms with van der Waals surface area (Å²) in [5.41, 5.74) is 0.490. The van der Waals surface area contributed by atoms with Crippen molar-refractivity contribution in [2.24, 2.45) is 0 Å². The second-order valence-electron chi connectivity index (χ2n) is 5.02. The fourth-order valence-corrected chi connectivity index (χ4v) is 2.35. The van der Waals surface area contributed by atoms with Crippen LogP contribution in [0.1, 0.15) is 23.3 Å². The number of hydrogen-bond acceptors (Lipinski definition) is 3. The Bertz CT molecular complexity index is 903. The summed E-state index contributed by atoms with van der Waals surface area (Å²) in [7, 11) is 0. The highest BCUT2D eigenvalue weighted by Crippen LogP contribution is 2.14. The first-order valence-corrected chi connectivity index (χ1v) is 6.83. The van der Waals surface area contributed by atoms with Crippen LogP contribution in [-0.2, 0) is 0 Å². The molecule has 1 unspecified atom stereocenters. The van der Waals surface area contributed by atoms with Gasteiger partial charge < -0.3 is 0 Å². The number of carbonyl (C=O) groups excluding carboxylic acids is 1. The lowest BCUT2D eigenvalue weighted by atomic mass is 10.1. The van der Waals surface area contributed by atoms with Crippen molar-refractivity contribution in [3.8, 4) is 0 Å². The van der Waals surface area contributed by atoms with Gasteiger partial charge in [-0.3, -0.25) is 14.2 Å². The van der Waals surface area contributed by atoms with Crippen LogP contribution in [0.25, 0.3) is 10.9 Å². The molecule has 0 radical (unpaired) electrons. The largest absolute Gasteiger partial charge is 0.292 e. The summed E-state index contributed by atoms with van der Waals surface area (Å²) < 4.78 is 14.6. The Morgan fingerprint density at radius 1 is 1.18 bits per heavy atom. The number of aromatic nitrogens is 2. The number of ketones is 1. The summed E-state index contributed by atoms with van der Waals surface area (Å²) in [4.78, 5) is 29.0. The van der Waals surface area contributed by atoms with Gasteiger partial charge in [-0.25, -0.2) is 9.37 Å². The fourth-order valence-electron chi connectivity index (χ4n) is 2.35. The van der Waals surface area contributed by atoms with Crippen LogP contribution in [-0.4, -0.2) is 15.3 Å². The van der Waals surface area contributed by atoms with Gasteiger partial charge in [0.05, 0.1) is 23.3 Å². The lowest BCUT2D eigenvalue weighted by molar-refractivity contribution is 0.0932. The molecule has 4 nitrogen and oxygen atoms in total. The van der Waals surface area contributed by atoms with Crippen LogP contribution in [0.15, 0.2) is 59.7 Å². The van der Waals surface area contributed by atoms with Crippen molar-refractivity contribution in [3.63, 3.8) is 0 Å². The van der Waals surface area contributed by atoms with Crippen LogP contribution >= 0.6 is 0 Å². The van der Waals surface area contributed by atoms with E-state index in [9.17, 15) is 14.0 Å². The Kier molecular flexibility index (Phi) is 3.55. The Morgan fingerprint density at radius 2 is 1.91 bits per heavy atom. The van der Waals surface area contributed by atoms with E-state index in [-0.39, 0.29) is 11.2 Å². The van der Waals surface area contributed by atoms with Gasteiger partial charge in [0.25, 0.3) is 5.56 Å². The summed E-state index contributed by atoms with van der Waals surface area (Å²) in [5.74, 6) is -0.702. The zero-order chi connectivity index (χ0) is 15.7. The number of Topliss-reactive ketones (excluding diaryl/α,β-unsaturated/α-hetero) is 1. The molecule has 0 N–H and O–H groups in total. The molecular formula is C17H13FN2O2. The van der Waals surface area contributed by atoms with Gasteiger partial charge in [0.1, 0.15) is 5.82 Å². The van der Waals surface area contributed by atoms with Crippen LogP contribution in [0.5, 0.6) is 0 Å². The number of halogens is 1. The lowest BCUT2D eigenvalue weighted by Gasteiger charge is -2.14. The average molecular weight is 296 g/mol. The standard InChI is InChI=1S/C17H13FN2O2/c1-11(16(21)12-5-3-2-4-6-12)20-10-19-15-8-7-13(18)9-14(15)17(20)22/h2-11H,1H3. The second-order valence-corrected chi connectivity index (χ2v) is 5.02. The maximum Gasteiger partial charge on any atom is 0.261 e. The molecule has 0 saturated heterocycles. The van der Waals surface area contributed by atoms with Crippen molar-refractivity contribution in [2.75, 3.05) is 0 Å². The van der Waals surface area contributed by atoms with Crippen LogP contribution in [0.4, 0.5) is 4.39 Å². The van der Waals surface area contributed by atoms with Crippen molar-refractivity contribution in [1.29, 1.82) is 0 Å². The van der Waals surface area contributed by atoms with Gasteiger partial charge in [0.2, 0.25) is 0 Å². The molecule has 110 valence electrons. The van der Waals surface area contributed by atoms with Crippen molar-refractivity contribution in [3.05, 3.63) is 76.6 Å². The van der Waals surface area contributed by atoms with Gasteiger partial charge >= 0.3 is 0 Å². The summed E-state index contributed by atoms with van der Waals surface area (Å²) in [6.45, 7) is 1.63. The molecule has 0 fully saturated rings. The minimum Gasteiger partial charge on any atom is -0.292 e. The molecule has 0 amide bonds. The van der Waals surface area contributed by atoms with Gasteiger partial charge in [-0.15, -0.1) is 0 Å². The van der Waals surface area contributed by atoms with E-state index in [1.165, 1.54) is 23.0 Å². The predicted octanol–water partition coefficient (Wildman–Crippen LogP) is 2.98. The summed E-state index contributed by atoms with van der Waals surface area (Å²) in [6.07, 6.45) is 1.33. The second kappa shape index (κ2) is 5.52. The maximum atomic E-state index is 13.3. The molecular weight excluding hydrogens is 283 g/mol. The third-order valence-electron chi connectivity index (χ3n) is 3.60. The number of nitrogens with zero attached hydrogens (tertiary/aromatic N) is 2. The summed E-state index contributed by atoms with van der Waals surface area (Å²) in [5, 5.41) is 0.162. The highest BCUT2D eigenvalue weighted by Gasteiger charge is 2.19. The van der Waals surface area contributed by atoms with Gasteiger partial charge in [0.15, 0.2) is 5.78 Å². The minimum atomic E-state index is -0.713. The van der Waals surface area contributed by atoms with Gasteiger partial charge in [-0.05, 0) is 25.1 Å². The van der Waals surface area contributed by atoms with Crippen LogP contribution in [0.3, 0.4) is 0 Å². The molecule has 0 bridgehead atoms. The van der Waals surface area contributed by atoms with E-state index in [0.717, 1.165) is 6.07 Å². The van der Waals surface area contributed by atoms with E-state index in [1.54, 1.807) is 31.2 Å². The predicted molar refractivity (Wildman–Crippen MR) is 81.4 cm³/mol. The molecule has 0 aliphatic heterocycles. The molecule has 3 rings (SSSR count). The Morgan fingerprint density at radius 3 is 2.64 bits per heavy atom. The first kappa shape index (κ1) is 14.1. The number of carbonyl (C=O) groups is 1. The number of benzene rings is 2. The molecule has 0 aliphatic rings. The molecule has 1 aromatic heterocycles. The molecule has 3 aromatic rings. The summed E-state index contributed by atoms with van der Waals surface area (Å²) >= 11 is 0. The van der Waals surface area contributed by atoms with E-state index >= 15 is 0 Å². The maximum absolute atomic E-state index is 13.3. The van der Waals surface area contributed by atoms with Gasteiger partial charge in [-0.2, -0.15) is 0 Å². The number of rotatable bonds is 3. The molecule has 5 heteroatoms. The van der Waals surface area contributed by atoms with Crippen molar-refractivity contribution in [2.45, 2.75) is 13.0 Å². The highest BCUT2D eigenvalue weighted by atomic mass is 19.1. The molecule has 1 atom stereocenters. The van der Waals surface area contributed by atoms with Crippen LogP contribution < -0.4 is 5.56 Å². The average Bonchev–Trinajstić information content (AvgIpc) is 2.55. The zero-order valence-corrected chi connectivity index (χ0v) is 11.9. The molecule has 1 heterocycles. The first-order valence-electron chi connectivity index (χ1n) is 6.83. The molecule has 22 heavy (non-hydrogen) atoms. The highest BCUT2D eigenvalue weighted by molar-refractivity contribution is 5.98. The molecule has 2 aromatic carbocycles. The topological polar surface area (TPSA) is 52.0 Å². The lowest BCUT2D eigenvalue weighted by Crippen LogP contribution is -2.28. The van der Waals surface area contributed by atoms with E-state index in [2.05, 4.69) is 4.98 Å². The minimum absolute atomic E-state index is 0.162. The monoisotopic (exact) mass is 296 g/mol. The first-order chi connectivity index (χ1) is 10.6. The normalized spacial score (nSPS) is 12.3. The Balaban J connectivity index is 2.08. The Labute approximate surface area is 125 Å². The van der Waals surface area contributed by atoms with Gasteiger partial charge in [-0.1, -0.05) is 30.3 Å². The zero-order valence-electron chi connectivity index (χ0n) is 11.9. The third kappa shape index (κ3) is 2.41. The fraction of sp³-hybridized carbons (Fsp3) is 0.118. The van der Waals surface area contributed by atoms with Crippen molar-refractivity contribution in [1.82, 2.24) is 9.55 Å². The van der Waals surface area contributed by atoms with E-state index in [1.807, 2.05) is 6.07 Å².